The van der Waals surface area contributed by atoms with E-state index in [-0.39, 0.29) is 39.0 Å². The smallest absolute Gasteiger partial charge is 0.238 e. The molecule has 0 spiro atoms. The molecule has 1 fully saturated rings. The van der Waals surface area contributed by atoms with E-state index in [1.54, 1.807) is 48.5 Å². The lowest BCUT2D eigenvalue weighted by Gasteiger charge is -2.37. The standard InChI is InChI=1S/C39H37Cl2F2N3O4/c1-38(2,3)19-31-39(21-44,27-16-14-24(40)18-29(27)42)32(26-11-8-12-28(41)33(26)43)34(46-31)37(49)45-20-22-13-15-25(30(17-22)50-4)36(48)35(47)23-9-6-5-7-10-23/h5-18,31-32,34,36,46,48H,19-20H2,1-4H3,(H,45,49)/t31-,32-,34+,36?,39-/m0/s1. The number of aliphatic hydroxyl groups is 1. The Kier molecular flexibility index (Phi) is 11.0. The monoisotopic (exact) mass is 719 g/mol. The van der Waals surface area contributed by atoms with Gasteiger partial charge in [-0.25, -0.2) is 8.78 Å². The molecule has 1 saturated heterocycles. The van der Waals surface area contributed by atoms with Gasteiger partial charge in [0.25, 0.3) is 0 Å². The van der Waals surface area contributed by atoms with Gasteiger partial charge < -0.3 is 20.5 Å². The number of amides is 1. The summed E-state index contributed by atoms with van der Waals surface area (Å²) in [6, 6.07) is 21.8. The average Bonchev–Trinajstić information content (AvgIpc) is 3.40. The molecule has 0 aliphatic carbocycles. The van der Waals surface area contributed by atoms with E-state index in [2.05, 4.69) is 16.7 Å². The Morgan fingerprint density at radius 2 is 1.76 bits per heavy atom. The number of benzene rings is 4. The molecule has 7 nitrogen and oxygen atoms in total. The van der Waals surface area contributed by atoms with Crippen molar-refractivity contribution in [3.05, 3.63) is 134 Å². The maximum Gasteiger partial charge on any atom is 0.238 e. The van der Waals surface area contributed by atoms with Gasteiger partial charge in [-0.1, -0.05) is 105 Å². The molecule has 1 aliphatic heterocycles. The third-order valence-corrected chi connectivity index (χ3v) is 9.62. The van der Waals surface area contributed by atoms with Crippen molar-refractivity contribution in [2.45, 2.75) is 63.3 Å². The van der Waals surface area contributed by atoms with Gasteiger partial charge in [-0.15, -0.1) is 0 Å². The van der Waals surface area contributed by atoms with Gasteiger partial charge in [0.2, 0.25) is 5.91 Å². The molecule has 0 radical (unpaired) electrons. The van der Waals surface area contributed by atoms with Crippen LogP contribution in [0.3, 0.4) is 0 Å². The van der Waals surface area contributed by atoms with Crippen molar-refractivity contribution in [3.63, 3.8) is 0 Å². The van der Waals surface area contributed by atoms with Crippen molar-refractivity contribution >= 4 is 34.9 Å². The molecule has 1 aliphatic rings. The lowest BCUT2D eigenvalue weighted by Crippen LogP contribution is -2.45. The van der Waals surface area contributed by atoms with Crippen LogP contribution in [0.2, 0.25) is 10.0 Å². The van der Waals surface area contributed by atoms with Crippen LogP contribution < -0.4 is 15.4 Å². The lowest BCUT2D eigenvalue weighted by molar-refractivity contribution is -0.123. The van der Waals surface area contributed by atoms with Gasteiger partial charge in [-0.3, -0.25) is 9.59 Å². The Hall–Kier alpha value is -4.33. The molecule has 0 bridgehead atoms. The molecular formula is C39H37Cl2F2N3O4. The molecule has 11 heteroatoms. The van der Waals surface area contributed by atoms with Crippen molar-refractivity contribution in [2.24, 2.45) is 5.41 Å². The number of methoxy groups -OCH3 is 1. The highest BCUT2D eigenvalue weighted by Crippen LogP contribution is 2.52. The number of nitrogens with one attached hydrogen (secondary N) is 2. The maximum atomic E-state index is 15.9. The minimum absolute atomic E-state index is 0.0134. The van der Waals surface area contributed by atoms with Gasteiger partial charge in [0.1, 0.15) is 28.9 Å². The number of nitrogens with zero attached hydrogens (tertiary/aromatic N) is 1. The van der Waals surface area contributed by atoms with Crippen LogP contribution in [0.25, 0.3) is 0 Å². The van der Waals surface area contributed by atoms with Crippen LogP contribution in [0.15, 0.2) is 84.9 Å². The average molecular weight is 721 g/mol. The molecule has 5 atom stereocenters. The van der Waals surface area contributed by atoms with E-state index in [9.17, 15) is 20.0 Å². The van der Waals surface area contributed by atoms with E-state index < -0.39 is 58.3 Å². The van der Waals surface area contributed by atoms with Gasteiger partial charge >= 0.3 is 0 Å². The van der Waals surface area contributed by atoms with Crippen LogP contribution in [0, 0.1) is 28.4 Å². The van der Waals surface area contributed by atoms with E-state index in [1.165, 1.54) is 37.4 Å². The Morgan fingerprint density at radius 3 is 2.40 bits per heavy atom. The first-order valence-corrected chi connectivity index (χ1v) is 16.8. The number of ether oxygens (including phenoxy) is 1. The summed E-state index contributed by atoms with van der Waals surface area (Å²) in [5.41, 5.74) is -1.03. The normalized spacial score (nSPS) is 20.9. The highest BCUT2D eigenvalue weighted by Gasteiger charge is 2.61. The van der Waals surface area contributed by atoms with Crippen molar-refractivity contribution < 1.29 is 28.2 Å². The van der Waals surface area contributed by atoms with Crippen LogP contribution in [-0.4, -0.2) is 36.0 Å². The van der Waals surface area contributed by atoms with E-state index in [0.717, 1.165) is 6.07 Å². The van der Waals surface area contributed by atoms with Gasteiger partial charge in [0, 0.05) is 40.2 Å². The molecular weight excluding hydrogens is 683 g/mol. The zero-order valence-electron chi connectivity index (χ0n) is 27.9. The second-order valence-electron chi connectivity index (χ2n) is 13.6. The van der Waals surface area contributed by atoms with Gasteiger partial charge in [-0.2, -0.15) is 5.26 Å². The van der Waals surface area contributed by atoms with Gasteiger partial charge in [0.05, 0.1) is 24.2 Å². The SMILES string of the molecule is COc1cc(CNC(=O)[C@@H]2N[C@@H](CC(C)(C)C)[C@](C#N)(c3ccc(Cl)cc3F)[C@H]2c2cccc(Cl)c2F)ccc1C(O)C(=O)c1ccccc1. The molecule has 0 aromatic heterocycles. The third kappa shape index (κ3) is 7.26. The number of carbonyl (C=O) groups is 2. The van der Waals surface area contributed by atoms with Crippen LogP contribution >= 0.6 is 23.2 Å². The van der Waals surface area contributed by atoms with Gasteiger partial charge in [0.15, 0.2) is 5.78 Å². The quantitative estimate of drug-likeness (QED) is 0.144. The van der Waals surface area contributed by atoms with Crippen molar-refractivity contribution in [3.8, 4) is 11.8 Å². The Balaban J connectivity index is 1.52. The van der Waals surface area contributed by atoms with Crippen LogP contribution in [0.1, 0.15) is 71.8 Å². The minimum Gasteiger partial charge on any atom is -0.496 e. The van der Waals surface area contributed by atoms with Crippen molar-refractivity contribution in [1.82, 2.24) is 10.6 Å². The number of carbonyl (C=O) groups excluding carboxylic acids is 2. The molecule has 4 aromatic carbocycles. The number of Topliss-reactive ketones (excluding diaryl/α,β-unsaturated/α-hetero) is 1. The second kappa shape index (κ2) is 14.9. The summed E-state index contributed by atoms with van der Waals surface area (Å²) in [5.74, 6) is -3.62. The van der Waals surface area contributed by atoms with Crippen LogP contribution in [-0.2, 0) is 16.8 Å². The third-order valence-electron chi connectivity index (χ3n) is 9.10. The minimum atomic E-state index is -1.76. The number of hydrogen-bond donors (Lipinski definition) is 3. The number of hydrogen-bond acceptors (Lipinski definition) is 6. The summed E-state index contributed by atoms with van der Waals surface area (Å²) in [6.45, 7) is 5.84. The first-order chi connectivity index (χ1) is 23.7. The Labute approximate surface area is 300 Å². The number of nitriles is 1. The summed E-state index contributed by atoms with van der Waals surface area (Å²) in [6.07, 6.45) is -1.16. The largest absolute Gasteiger partial charge is 0.496 e. The van der Waals surface area contributed by atoms with E-state index in [4.69, 9.17) is 27.9 Å². The van der Waals surface area contributed by atoms with E-state index in [0.29, 0.717) is 17.5 Å². The molecule has 3 N–H and O–H groups in total. The predicted octanol–water partition coefficient (Wildman–Crippen LogP) is 7.83. The molecule has 1 unspecified atom stereocenters. The van der Waals surface area contributed by atoms with Crippen molar-refractivity contribution in [1.29, 1.82) is 5.26 Å². The lowest BCUT2D eigenvalue weighted by atomic mass is 9.62. The fourth-order valence-corrected chi connectivity index (χ4v) is 7.19. The molecule has 0 saturated carbocycles. The summed E-state index contributed by atoms with van der Waals surface area (Å²) in [5, 5.41) is 28.0. The summed E-state index contributed by atoms with van der Waals surface area (Å²) in [4.78, 5) is 27.1. The maximum absolute atomic E-state index is 15.9. The van der Waals surface area contributed by atoms with Crippen LogP contribution in [0.4, 0.5) is 8.78 Å². The topological polar surface area (TPSA) is 111 Å². The zero-order chi connectivity index (χ0) is 36.4. The summed E-state index contributed by atoms with van der Waals surface area (Å²) >= 11 is 12.3. The molecule has 1 heterocycles. The van der Waals surface area contributed by atoms with E-state index >= 15 is 8.78 Å². The van der Waals surface area contributed by atoms with Crippen LogP contribution in [0.5, 0.6) is 5.75 Å². The summed E-state index contributed by atoms with van der Waals surface area (Å²) < 4.78 is 37.3. The predicted molar refractivity (Wildman–Crippen MR) is 188 cm³/mol. The fraction of sp³-hybridized carbons (Fsp3) is 0.308. The number of rotatable bonds is 10. The number of halogens is 4. The highest BCUT2D eigenvalue weighted by molar-refractivity contribution is 6.31. The summed E-state index contributed by atoms with van der Waals surface area (Å²) in [7, 11) is 1.40. The Morgan fingerprint density at radius 1 is 1.04 bits per heavy atom. The molecule has 5 rings (SSSR count). The molecule has 1 amide bonds. The van der Waals surface area contributed by atoms with E-state index in [1.807, 2.05) is 20.8 Å². The van der Waals surface area contributed by atoms with Gasteiger partial charge in [-0.05, 0) is 47.2 Å². The first-order valence-electron chi connectivity index (χ1n) is 16.0. The Bertz CT molecular complexity index is 1950. The zero-order valence-corrected chi connectivity index (χ0v) is 29.4. The molecule has 50 heavy (non-hydrogen) atoms. The first kappa shape index (κ1) is 36.9. The molecule has 4 aromatic rings. The number of aliphatic hydroxyl groups excluding tert-OH is 1. The highest BCUT2D eigenvalue weighted by atomic mass is 35.5. The fourth-order valence-electron chi connectivity index (χ4n) is 6.85. The molecule has 260 valence electrons. The number of ketones is 1. The second-order valence-corrected chi connectivity index (χ2v) is 14.5. The van der Waals surface area contributed by atoms with Crippen molar-refractivity contribution in [2.75, 3.05) is 7.11 Å².